The summed E-state index contributed by atoms with van der Waals surface area (Å²) in [6.07, 6.45) is 3.66. The zero-order chi connectivity index (χ0) is 13.7. The molecule has 0 saturated carbocycles. The molecule has 0 aliphatic carbocycles. The number of anilines is 2. The van der Waals surface area contributed by atoms with Crippen LogP contribution >= 0.6 is 0 Å². The van der Waals surface area contributed by atoms with E-state index in [1.165, 1.54) is 0 Å². The summed E-state index contributed by atoms with van der Waals surface area (Å²) in [4.78, 5) is 21.3. The lowest BCUT2D eigenvalue weighted by atomic mass is 9.94. The Hall–Kier alpha value is -1.85. The predicted octanol–water partition coefficient (Wildman–Crippen LogP) is 1.60. The van der Waals surface area contributed by atoms with E-state index in [1.54, 1.807) is 6.33 Å². The van der Waals surface area contributed by atoms with E-state index in [-0.39, 0.29) is 6.42 Å². The Morgan fingerprint density at radius 1 is 1.47 bits per heavy atom. The third kappa shape index (κ3) is 3.81. The van der Waals surface area contributed by atoms with Crippen LogP contribution < -0.4 is 10.2 Å². The molecular weight excluding hydrogens is 244 g/mol. The SMILES string of the molecule is CCNc1cc(N2CCC(CC(=O)O)CC2)ncn1. The molecule has 1 aromatic heterocycles. The Balaban J connectivity index is 1.93. The molecule has 2 N–H and O–H groups in total. The van der Waals surface area contributed by atoms with Crippen LogP contribution in [0, 0.1) is 5.92 Å². The minimum atomic E-state index is -0.699. The van der Waals surface area contributed by atoms with Gasteiger partial charge in [0.05, 0.1) is 0 Å². The summed E-state index contributed by atoms with van der Waals surface area (Å²) in [5, 5.41) is 12.0. The van der Waals surface area contributed by atoms with Crippen LogP contribution in [0.25, 0.3) is 0 Å². The van der Waals surface area contributed by atoms with Gasteiger partial charge < -0.3 is 15.3 Å². The second-order valence-electron chi connectivity index (χ2n) is 4.82. The molecule has 1 saturated heterocycles. The van der Waals surface area contributed by atoms with E-state index in [9.17, 15) is 4.79 Å². The van der Waals surface area contributed by atoms with Gasteiger partial charge in [0.15, 0.2) is 0 Å². The highest BCUT2D eigenvalue weighted by Crippen LogP contribution is 2.24. The topological polar surface area (TPSA) is 78.4 Å². The van der Waals surface area contributed by atoms with Gasteiger partial charge in [-0.25, -0.2) is 9.97 Å². The number of nitrogens with one attached hydrogen (secondary N) is 1. The Morgan fingerprint density at radius 3 is 2.84 bits per heavy atom. The van der Waals surface area contributed by atoms with Crippen LogP contribution in [0.5, 0.6) is 0 Å². The Labute approximate surface area is 112 Å². The zero-order valence-corrected chi connectivity index (χ0v) is 11.2. The first-order valence-electron chi connectivity index (χ1n) is 6.71. The van der Waals surface area contributed by atoms with Crippen molar-refractivity contribution in [2.24, 2.45) is 5.92 Å². The molecule has 19 heavy (non-hydrogen) atoms. The molecule has 104 valence electrons. The van der Waals surface area contributed by atoms with Gasteiger partial charge in [0, 0.05) is 32.1 Å². The number of aromatic nitrogens is 2. The molecule has 0 spiro atoms. The number of carboxylic acid groups (broad SMARTS) is 1. The maximum Gasteiger partial charge on any atom is 0.303 e. The summed E-state index contributed by atoms with van der Waals surface area (Å²) in [7, 11) is 0. The Morgan fingerprint density at radius 2 is 2.21 bits per heavy atom. The van der Waals surface area contributed by atoms with E-state index in [1.807, 2.05) is 13.0 Å². The van der Waals surface area contributed by atoms with Crippen molar-refractivity contribution in [3.8, 4) is 0 Å². The number of hydrogen-bond acceptors (Lipinski definition) is 5. The molecule has 0 radical (unpaired) electrons. The predicted molar refractivity (Wildman–Crippen MR) is 73.4 cm³/mol. The number of carbonyl (C=O) groups is 1. The van der Waals surface area contributed by atoms with E-state index >= 15 is 0 Å². The summed E-state index contributed by atoms with van der Waals surface area (Å²) < 4.78 is 0. The highest BCUT2D eigenvalue weighted by molar-refractivity contribution is 5.67. The van der Waals surface area contributed by atoms with Crippen molar-refractivity contribution in [3.05, 3.63) is 12.4 Å². The molecule has 2 heterocycles. The third-order valence-corrected chi connectivity index (χ3v) is 3.41. The molecule has 1 aromatic rings. The summed E-state index contributed by atoms with van der Waals surface area (Å²) in [6.45, 7) is 4.58. The average molecular weight is 264 g/mol. The molecule has 6 nitrogen and oxygen atoms in total. The first kappa shape index (κ1) is 13.6. The standard InChI is InChI=1S/C13H20N4O2/c1-2-14-11-8-12(16-9-15-11)17-5-3-10(4-6-17)7-13(18)19/h8-10H,2-7H2,1H3,(H,18,19)(H,14,15,16). The van der Waals surface area contributed by atoms with Gasteiger partial charge in [-0.05, 0) is 25.7 Å². The zero-order valence-electron chi connectivity index (χ0n) is 11.2. The number of nitrogens with zero attached hydrogens (tertiary/aromatic N) is 3. The van der Waals surface area contributed by atoms with Crippen molar-refractivity contribution in [3.63, 3.8) is 0 Å². The van der Waals surface area contributed by atoms with Gasteiger partial charge in [0.2, 0.25) is 0 Å². The smallest absolute Gasteiger partial charge is 0.303 e. The van der Waals surface area contributed by atoms with Gasteiger partial charge in [0.1, 0.15) is 18.0 Å². The van der Waals surface area contributed by atoms with E-state index in [4.69, 9.17) is 5.11 Å². The van der Waals surface area contributed by atoms with Crippen LogP contribution in [-0.2, 0) is 4.79 Å². The van der Waals surface area contributed by atoms with Gasteiger partial charge in [-0.2, -0.15) is 0 Å². The van der Waals surface area contributed by atoms with Crippen LogP contribution in [-0.4, -0.2) is 40.7 Å². The monoisotopic (exact) mass is 264 g/mol. The van der Waals surface area contributed by atoms with Gasteiger partial charge in [-0.3, -0.25) is 4.79 Å². The average Bonchev–Trinajstić information content (AvgIpc) is 2.40. The van der Waals surface area contributed by atoms with Crippen LogP contribution in [0.4, 0.5) is 11.6 Å². The molecule has 0 aromatic carbocycles. The number of hydrogen-bond donors (Lipinski definition) is 2. The lowest BCUT2D eigenvalue weighted by molar-refractivity contribution is -0.138. The second kappa shape index (κ2) is 6.36. The molecule has 1 aliphatic heterocycles. The number of piperidine rings is 1. The Kier molecular flexibility index (Phi) is 4.54. The normalized spacial score (nSPS) is 16.4. The maximum atomic E-state index is 10.7. The third-order valence-electron chi connectivity index (χ3n) is 3.41. The van der Waals surface area contributed by atoms with Crippen LogP contribution in [0.2, 0.25) is 0 Å². The highest BCUT2D eigenvalue weighted by atomic mass is 16.4. The van der Waals surface area contributed by atoms with Crippen LogP contribution in [0.15, 0.2) is 12.4 Å². The minimum absolute atomic E-state index is 0.278. The van der Waals surface area contributed by atoms with E-state index in [0.29, 0.717) is 5.92 Å². The molecule has 6 heteroatoms. The Bertz CT molecular complexity index is 430. The molecule has 0 atom stereocenters. The van der Waals surface area contributed by atoms with Gasteiger partial charge in [-0.15, -0.1) is 0 Å². The van der Waals surface area contributed by atoms with Gasteiger partial charge >= 0.3 is 5.97 Å². The highest BCUT2D eigenvalue weighted by Gasteiger charge is 2.22. The van der Waals surface area contributed by atoms with Crippen molar-refractivity contribution in [2.75, 3.05) is 29.9 Å². The molecular formula is C13H20N4O2. The first-order valence-corrected chi connectivity index (χ1v) is 6.71. The minimum Gasteiger partial charge on any atom is -0.481 e. The van der Waals surface area contributed by atoms with Crippen molar-refractivity contribution < 1.29 is 9.90 Å². The fourth-order valence-electron chi connectivity index (χ4n) is 2.41. The summed E-state index contributed by atoms with van der Waals surface area (Å²) in [5.74, 6) is 1.35. The van der Waals surface area contributed by atoms with Crippen molar-refractivity contribution in [1.82, 2.24) is 9.97 Å². The van der Waals surface area contributed by atoms with E-state index in [0.717, 1.165) is 44.1 Å². The lowest BCUT2D eigenvalue weighted by Gasteiger charge is -2.32. The number of rotatable bonds is 5. The largest absolute Gasteiger partial charge is 0.481 e. The van der Waals surface area contributed by atoms with Crippen molar-refractivity contribution in [2.45, 2.75) is 26.2 Å². The van der Waals surface area contributed by atoms with E-state index < -0.39 is 5.97 Å². The fraction of sp³-hybridized carbons (Fsp3) is 0.615. The second-order valence-corrected chi connectivity index (χ2v) is 4.82. The molecule has 1 aliphatic rings. The number of carboxylic acids is 1. The van der Waals surface area contributed by atoms with Crippen LogP contribution in [0.3, 0.4) is 0 Å². The summed E-state index contributed by atoms with van der Waals surface area (Å²) >= 11 is 0. The number of aliphatic carboxylic acids is 1. The summed E-state index contributed by atoms with van der Waals surface area (Å²) in [6, 6.07) is 1.95. The lowest BCUT2D eigenvalue weighted by Crippen LogP contribution is -2.35. The molecule has 1 fully saturated rings. The van der Waals surface area contributed by atoms with Gasteiger partial charge in [-0.1, -0.05) is 0 Å². The molecule has 0 bridgehead atoms. The van der Waals surface area contributed by atoms with Gasteiger partial charge in [0.25, 0.3) is 0 Å². The molecule has 0 unspecified atom stereocenters. The summed E-state index contributed by atoms with van der Waals surface area (Å²) in [5.41, 5.74) is 0. The van der Waals surface area contributed by atoms with E-state index in [2.05, 4.69) is 20.2 Å². The van der Waals surface area contributed by atoms with Crippen molar-refractivity contribution in [1.29, 1.82) is 0 Å². The van der Waals surface area contributed by atoms with Crippen molar-refractivity contribution >= 4 is 17.6 Å². The molecule has 0 amide bonds. The van der Waals surface area contributed by atoms with Crippen LogP contribution in [0.1, 0.15) is 26.2 Å². The quantitative estimate of drug-likeness (QED) is 0.841. The fourth-order valence-corrected chi connectivity index (χ4v) is 2.41. The maximum absolute atomic E-state index is 10.7. The first-order chi connectivity index (χ1) is 9.19. The molecule has 2 rings (SSSR count).